The summed E-state index contributed by atoms with van der Waals surface area (Å²) < 4.78 is 5.57. The van der Waals surface area contributed by atoms with Crippen LogP contribution >= 0.6 is 0 Å². The molecule has 0 saturated heterocycles. The van der Waals surface area contributed by atoms with Gasteiger partial charge in [-0.25, -0.2) is 4.79 Å². The number of nitrogens with one attached hydrogen (secondary N) is 1. The van der Waals surface area contributed by atoms with E-state index in [1.807, 2.05) is 38.1 Å². The van der Waals surface area contributed by atoms with Gasteiger partial charge in [0.2, 0.25) is 5.91 Å². The van der Waals surface area contributed by atoms with Crippen molar-refractivity contribution >= 4 is 17.6 Å². The van der Waals surface area contributed by atoms with Gasteiger partial charge in [0.15, 0.2) is 0 Å². The molecule has 0 fully saturated rings. The van der Waals surface area contributed by atoms with Crippen LogP contribution in [0.1, 0.15) is 31.4 Å². The van der Waals surface area contributed by atoms with Crippen molar-refractivity contribution in [3.05, 3.63) is 59.7 Å². The molecule has 0 saturated carbocycles. The minimum Gasteiger partial charge on any atom is -0.508 e. The predicted molar refractivity (Wildman–Crippen MR) is 104 cm³/mol. The fraction of sp³-hybridized carbons (Fsp3) is 0.333. The number of anilines is 1. The monoisotopic (exact) mass is 370 g/mol. The molecule has 0 radical (unpaired) electrons. The number of ether oxygens (including phenoxy) is 1. The Kier molecular flexibility index (Phi) is 6.58. The largest absolute Gasteiger partial charge is 0.508 e. The third-order valence-electron chi connectivity index (χ3n) is 4.65. The molecule has 0 aliphatic carbocycles. The van der Waals surface area contributed by atoms with Crippen LogP contribution in [0.25, 0.3) is 0 Å². The summed E-state index contributed by atoms with van der Waals surface area (Å²) in [6, 6.07) is 13.9. The van der Waals surface area contributed by atoms with Crippen molar-refractivity contribution in [3.63, 3.8) is 0 Å². The lowest BCUT2D eigenvalue weighted by molar-refractivity contribution is -0.159. The number of carbonyl (C=O) groups excluding carboxylic acids is 2. The summed E-state index contributed by atoms with van der Waals surface area (Å²) in [5.74, 6) is -0.457. The number of esters is 1. The van der Waals surface area contributed by atoms with E-state index in [1.165, 1.54) is 6.92 Å². The van der Waals surface area contributed by atoms with Crippen molar-refractivity contribution < 1.29 is 19.4 Å². The van der Waals surface area contributed by atoms with E-state index in [9.17, 15) is 14.7 Å². The van der Waals surface area contributed by atoms with E-state index < -0.39 is 11.5 Å². The summed E-state index contributed by atoms with van der Waals surface area (Å²) in [6.07, 6.45) is 0.499. The third kappa shape index (κ3) is 4.46. The number of hydrogen-bond acceptors (Lipinski definition) is 5. The Labute approximate surface area is 159 Å². The molecule has 2 aromatic rings. The molecule has 6 heteroatoms. The SMILES string of the molecule is CCC(C(=O)OCc1ccccc1O)(c1ccc(NC(C)=O)cc1)N(C)C. The lowest BCUT2D eigenvalue weighted by Gasteiger charge is -2.37. The molecular weight excluding hydrogens is 344 g/mol. The first-order chi connectivity index (χ1) is 12.8. The van der Waals surface area contributed by atoms with Gasteiger partial charge in [-0.05, 0) is 44.3 Å². The lowest BCUT2D eigenvalue weighted by atomic mass is 9.85. The summed E-state index contributed by atoms with van der Waals surface area (Å²) in [5.41, 5.74) is 1.01. The molecule has 0 heterocycles. The van der Waals surface area contributed by atoms with E-state index in [-0.39, 0.29) is 18.3 Å². The second-order valence-corrected chi connectivity index (χ2v) is 6.57. The zero-order chi connectivity index (χ0) is 20.0. The van der Waals surface area contributed by atoms with Crippen LogP contribution in [-0.4, -0.2) is 36.0 Å². The second kappa shape index (κ2) is 8.68. The molecular formula is C21H26N2O4. The van der Waals surface area contributed by atoms with Gasteiger partial charge in [0.05, 0.1) is 0 Å². The maximum atomic E-state index is 13.1. The maximum Gasteiger partial charge on any atom is 0.331 e. The molecule has 144 valence electrons. The number of phenolic OH excluding ortho intramolecular Hbond substituents is 1. The lowest BCUT2D eigenvalue weighted by Crippen LogP contribution is -2.48. The Bertz CT molecular complexity index is 802. The number of benzene rings is 2. The van der Waals surface area contributed by atoms with Crippen LogP contribution in [-0.2, 0) is 26.5 Å². The average Bonchev–Trinajstić information content (AvgIpc) is 2.62. The van der Waals surface area contributed by atoms with Gasteiger partial charge < -0.3 is 15.2 Å². The molecule has 1 amide bonds. The highest BCUT2D eigenvalue weighted by Crippen LogP contribution is 2.33. The topological polar surface area (TPSA) is 78.9 Å². The molecule has 1 unspecified atom stereocenters. The van der Waals surface area contributed by atoms with Gasteiger partial charge in [0.1, 0.15) is 17.9 Å². The van der Waals surface area contributed by atoms with Crippen LogP contribution in [0, 0.1) is 0 Å². The number of likely N-dealkylation sites (N-methyl/N-ethyl adjacent to an activating group) is 1. The van der Waals surface area contributed by atoms with Gasteiger partial charge in [-0.15, -0.1) is 0 Å². The predicted octanol–water partition coefficient (Wildman–Crippen LogP) is 3.26. The molecule has 2 rings (SSSR count). The molecule has 2 N–H and O–H groups in total. The fourth-order valence-corrected chi connectivity index (χ4v) is 3.15. The van der Waals surface area contributed by atoms with Crippen molar-refractivity contribution in [2.24, 2.45) is 0 Å². The Morgan fingerprint density at radius 1 is 1.11 bits per heavy atom. The van der Waals surface area contributed by atoms with Crippen molar-refractivity contribution in [3.8, 4) is 5.75 Å². The minimum atomic E-state index is -0.973. The van der Waals surface area contributed by atoms with Gasteiger partial charge in [0, 0.05) is 18.2 Å². The number of amides is 1. The van der Waals surface area contributed by atoms with E-state index in [2.05, 4.69) is 5.32 Å². The molecule has 1 atom stereocenters. The number of hydrogen-bond donors (Lipinski definition) is 2. The first-order valence-corrected chi connectivity index (χ1v) is 8.81. The van der Waals surface area contributed by atoms with E-state index in [1.54, 1.807) is 36.4 Å². The summed E-state index contributed by atoms with van der Waals surface area (Å²) >= 11 is 0. The minimum absolute atomic E-state index is 0.00886. The van der Waals surface area contributed by atoms with Crippen molar-refractivity contribution in [2.75, 3.05) is 19.4 Å². The van der Waals surface area contributed by atoms with Gasteiger partial charge in [-0.2, -0.15) is 0 Å². The standard InChI is InChI=1S/C21H26N2O4/c1-5-21(23(3)4,17-10-12-18(13-11-17)22-15(2)24)20(26)27-14-16-8-6-7-9-19(16)25/h6-13,25H,5,14H2,1-4H3,(H,22,24). The quantitative estimate of drug-likeness (QED) is 0.732. The second-order valence-electron chi connectivity index (χ2n) is 6.57. The molecule has 0 bridgehead atoms. The van der Waals surface area contributed by atoms with Gasteiger partial charge in [-0.1, -0.05) is 37.3 Å². The Morgan fingerprint density at radius 2 is 1.74 bits per heavy atom. The normalized spacial score (nSPS) is 13.1. The van der Waals surface area contributed by atoms with Crippen LogP contribution < -0.4 is 5.32 Å². The summed E-state index contributed by atoms with van der Waals surface area (Å²) in [7, 11) is 3.65. The molecule has 6 nitrogen and oxygen atoms in total. The van der Waals surface area contributed by atoms with Gasteiger partial charge in [0.25, 0.3) is 0 Å². The first kappa shape index (κ1) is 20.5. The van der Waals surface area contributed by atoms with E-state index >= 15 is 0 Å². The van der Waals surface area contributed by atoms with Crippen LogP contribution in [0.15, 0.2) is 48.5 Å². The van der Waals surface area contributed by atoms with E-state index in [0.717, 1.165) is 5.56 Å². The Balaban J connectivity index is 2.28. The Hall–Kier alpha value is -2.86. The summed E-state index contributed by atoms with van der Waals surface area (Å²) in [4.78, 5) is 26.1. The van der Waals surface area contributed by atoms with Crippen LogP contribution in [0.3, 0.4) is 0 Å². The smallest absolute Gasteiger partial charge is 0.331 e. The highest BCUT2D eigenvalue weighted by molar-refractivity contribution is 5.89. The first-order valence-electron chi connectivity index (χ1n) is 8.81. The van der Waals surface area contributed by atoms with Crippen molar-refractivity contribution in [2.45, 2.75) is 32.4 Å². The summed E-state index contributed by atoms with van der Waals surface area (Å²) in [6.45, 7) is 3.36. The van der Waals surface area contributed by atoms with Crippen LogP contribution in [0.2, 0.25) is 0 Å². The van der Waals surface area contributed by atoms with Crippen molar-refractivity contribution in [1.29, 1.82) is 0 Å². The molecule has 0 spiro atoms. The number of phenols is 1. The molecule has 0 aromatic heterocycles. The highest BCUT2D eigenvalue weighted by atomic mass is 16.5. The van der Waals surface area contributed by atoms with Gasteiger partial charge >= 0.3 is 5.97 Å². The molecule has 27 heavy (non-hydrogen) atoms. The number of carbonyl (C=O) groups is 2. The average molecular weight is 370 g/mol. The van der Waals surface area contributed by atoms with E-state index in [0.29, 0.717) is 17.7 Å². The number of aromatic hydroxyl groups is 1. The molecule has 0 aliphatic rings. The summed E-state index contributed by atoms with van der Waals surface area (Å²) in [5, 5.41) is 12.6. The fourth-order valence-electron chi connectivity index (χ4n) is 3.15. The van der Waals surface area contributed by atoms with E-state index in [4.69, 9.17) is 4.74 Å². The Morgan fingerprint density at radius 3 is 2.26 bits per heavy atom. The molecule has 2 aromatic carbocycles. The third-order valence-corrected chi connectivity index (χ3v) is 4.65. The van der Waals surface area contributed by atoms with Crippen molar-refractivity contribution in [1.82, 2.24) is 4.90 Å². The highest BCUT2D eigenvalue weighted by Gasteiger charge is 2.42. The van der Waals surface area contributed by atoms with Gasteiger partial charge in [-0.3, -0.25) is 9.69 Å². The number of rotatable bonds is 7. The zero-order valence-electron chi connectivity index (χ0n) is 16.2. The number of nitrogens with zero attached hydrogens (tertiary/aromatic N) is 1. The zero-order valence-corrected chi connectivity index (χ0v) is 16.2. The molecule has 0 aliphatic heterocycles. The van der Waals surface area contributed by atoms with Crippen LogP contribution in [0.4, 0.5) is 5.69 Å². The van der Waals surface area contributed by atoms with Crippen LogP contribution in [0.5, 0.6) is 5.75 Å². The number of para-hydroxylation sites is 1. The maximum absolute atomic E-state index is 13.1.